The summed E-state index contributed by atoms with van der Waals surface area (Å²) in [5, 5.41) is 9.03. The Labute approximate surface area is 110 Å². The lowest BCUT2D eigenvalue weighted by molar-refractivity contribution is -0.148. The second-order valence-electron chi connectivity index (χ2n) is 4.71. The molecule has 1 aliphatic heterocycles. The Morgan fingerprint density at radius 3 is 2.89 bits per heavy atom. The van der Waals surface area contributed by atoms with E-state index < -0.39 is 12.0 Å². The number of carbonyl (C=O) groups excluding carboxylic acids is 1. The lowest BCUT2D eigenvalue weighted by atomic mass is 10.2. The van der Waals surface area contributed by atoms with Gasteiger partial charge in [0.05, 0.1) is 0 Å². The first-order chi connectivity index (χ1) is 9.00. The van der Waals surface area contributed by atoms with Crippen molar-refractivity contribution in [3.8, 4) is 0 Å². The molecule has 0 saturated carbocycles. The number of aromatic nitrogens is 1. The third-order valence-corrected chi connectivity index (χ3v) is 3.37. The van der Waals surface area contributed by atoms with Crippen LogP contribution in [0.15, 0.2) is 23.1 Å². The van der Waals surface area contributed by atoms with E-state index in [4.69, 9.17) is 5.11 Å². The second kappa shape index (κ2) is 5.26. The van der Waals surface area contributed by atoms with E-state index in [1.807, 2.05) is 0 Å². The number of aryl methyl sites for hydroxylation is 1. The van der Waals surface area contributed by atoms with E-state index in [-0.39, 0.29) is 18.0 Å². The fraction of sp³-hybridized carbons (Fsp3) is 0.462. The minimum absolute atomic E-state index is 0.107. The second-order valence-corrected chi connectivity index (χ2v) is 4.71. The highest BCUT2D eigenvalue weighted by atomic mass is 16.4. The molecule has 0 aromatic carbocycles. The standard InChI is InChI=1S/C13H16N2O4/c1-9-4-2-6-14(12(9)17)8-11(16)15-7-3-5-10(15)13(18)19/h2,4,6,10H,3,5,7-8H2,1H3,(H,18,19). The maximum atomic E-state index is 12.1. The van der Waals surface area contributed by atoms with Gasteiger partial charge in [-0.2, -0.15) is 0 Å². The van der Waals surface area contributed by atoms with Gasteiger partial charge in [-0.3, -0.25) is 9.59 Å². The fourth-order valence-corrected chi connectivity index (χ4v) is 2.34. The van der Waals surface area contributed by atoms with Crippen LogP contribution < -0.4 is 5.56 Å². The van der Waals surface area contributed by atoms with Crippen molar-refractivity contribution in [2.24, 2.45) is 0 Å². The molecule has 1 aromatic heterocycles. The normalized spacial score (nSPS) is 18.6. The van der Waals surface area contributed by atoms with Gasteiger partial charge in [-0.15, -0.1) is 0 Å². The van der Waals surface area contributed by atoms with E-state index in [2.05, 4.69) is 0 Å². The summed E-state index contributed by atoms with van der Waals surface area (Å²) >= 11 is 0. The third-order valence-electron chi connectivity index (χ3n) is 3.37. The zero-order chi connectivity index (χ0) is 14.0. The molecule has 6 nitrogen and oxygen atoms in total. The van der Waals surface area contributed by atoms with Crippen LogP contribution in [0.2, 0.25) is 0 Å². The number of amides is 1. The molecule has 0 radical (unpaired) electrons. The van der Waals surface area contributed by atoms with Crippen molar-refractivity contribution in [2.45, 2.75) is 32.4 Å². The average Bonchev–Trinajstić information content (AvgIpc) is 2.84. The summed E-state index contributed by atoms with van der Waals surface area (Å²) < 4.78 is 1.31. The molecule has 19 heavy (non-hydrogen) atoms. The van der Waals surface area contributed by atoms with Gasteiger partial charge < -0.3 is 14.6 Å². The highest BCUT2D eigenvalue weighted by Crippen LogP contribution is 2.17. The molecule has 1 fully saturated rings. The van der Waals surface area contributed by atoms with Crippen LogP contribution in [0.5, 0.6) is 0 Å². The molecular weight excluding hydrogens is 248 g/mol. The van der Waals surface area contributed by atoms with Gasteiger partial charge in [-0.1, -0.05) is 6.07 Å². The molecule has 2 rings (SSSR count). The summed E-state index contributed by atoms with van der Waals surface area (Å²) in [7, 11) is 0. The Hall–Kier alpha value is -2.11. The first-order valence-electron chi connectivity index (χ1n) is 6.19. The minimum Gasteiger partial charge on any atom is -0.480 e. The molecule has 1 atom stereocenters. The predicted molar refractivity (Wildman–Crippen MR) is 67.8 cm³/mol. The van der Waals surface area contributed by atoms with Crippen LogP contribution in [0.1, 0.15) is 18.4 Å². The molecule has 2 heterocycles. The third kappa shape index (κ3) is 2.67. The van der Waals surface area contributed by atoms with Crippen LogP contribution in [-0.2, 0) is 16.1 Å². The number of carbonyl (C=O) groups is 2. The molecule has 1 saturated heterocycles. The van der Waals surface area contributed by atoms with Gasteiger partial charge in [-0.05, 0) is 25.8 Å². The van der Waals surface area contributed by atoms with Gasteiger partial charge in [0.1, 0.15) is 12.6 Å². The van der Waals surface area contributed by atoms with Gasteiger partial charge >= 0.3 is 5.97 Å². The Balaban J connectivity index is 2.15. The number of rotatable bonds is 3. The maximum absolute atomic E-state index is 12.1. The van der Waals surface area contributed by atoms with Gasteiger partial charge in [0.15, 0.2) is 0 Å². The predicted octanol–water partition coefficient (Wildman–Crippen LogP) is 0.232. The Bertz CT molecular complexity index is 564. The van der Waals surface area contributed by atoms with E-state index in [9.17, 15) is 14.4 Å². The molecule has 0 aliphatic carbocycles. The number of nitrogens with zero attached hydrogens (tertiary/aromatic N) is 2. The smallest absolute Gasteiger partial charge is 0.326 e. The number of pyridine rings is 1. The SMILES string of the molecule is Cc1cccn(CC(=O)N2CCCC2C(=O)O)c1=O. The number of carboxylic acids is 1. The van der Waals surface area contributed by atoms with Crippen LogP contribution in [0.3, 0.4) is 0 Å². The molecule has 1 aromatic rings. The van der Waals surface area contributed by atoms with Crippen LogP contribution >= 0.6 is 0 Å². The van der Waals surface area contributed by atoms with E-state index in [0.29, 0.717) is 24.9 Å². The van der Waals surface area contributed by atoms with Crippen LogP contribution in [0.4, 0.5) is 0 Å². The van der Waals surface area contributed by atoms with Crippen molar-refractivity contribution >= 4 is 11.9 Å². The maximum Gasteiger partial charge on any atom is 0.326 e. The summed E-state index contributed by atoms with van der Waals surface area (Å²) in [6, 6.07) is 2.62. The summed E-state index contributed by atoms with van der Waals surface area (Å²) in [5.41, 5.74) is 0.341. The van der Waals surface area contributed by atoms with E-state index >= 15 is 0 Å². The number of hydrogen-bond donors (Lipinski definition) is 1. The van der Waals surface area contributed by atoms with Gasteiger partial charge in [-0.25, -0.2) is 4.79 Å². The Morgan fingerprint density at radius 1 is 1.47 bits per heavy atom. The number of hydrogen-bond acceptors (Lipinski definition) is 3. The van der Waals surface area contributed by atoms with Crippen LogP contribution in [0, 0.1) is 6.92 Å². The molecule has 1 unspecified atom stereocenters. The summed E-state index contributed by atoms with van der Waals surface area (Å²) in [5.74, 6) is -1.31. The lowest BCUT2D eigenvalue weighted by Crippen LogP contribution is -2.43. The van der Waals surface area contributed by atoms with E-state index in [0.717, 1.165) is 0 Å². The molecular formula is C13H16N2O4. The summed E-state index contributed by atoms with van der Waals surface area (Å²) in [6.45, 7) is 2.01. The molecule has 102 valence electrons. The molecule has 1 amide bonds. The molecule has 0 bridgehead atoms. The van der Waals surface area contributed by atoms with Crippen molar-refractivity contribution in [2.75, 3.05) is 6.54 Å². The topological polar surface area (TPSA) is 79.6 Å². The lowest BCUT2D eigenvalue weighted by Gasteiger charge is -2.21. The molecule has 1 N–H and O–H groups in total. The van der Waals surface area contributed by atoms with Gasteiger partial charge in [0.25, 0.3) is 5.56 Å². The van der Waals surface area contributed by atoms with E-state index in [1.54, 1.807) is 25.3 Å². The van der Waals surface area contributed by atoms with Crippen molar-refractivity contribution in [3.63, 3.8) is 0 Å². The zero-order valence-corrected chi connectivity index (χ0v) is 10.7. The van der Waals surface area contributed by atoms with Crippen molar-refractivity contribution in [1.82, 2.24) is 9.47 Å². The molecule has 0 spiro atoms. The van der Waals surface area contributed by atoms with Crippen LogP contribution in [-0.4, -0.2) is 39.0 Å². The van der Waals surface area contributed by atoms with Gasteiger partial charge in [0, 0.05) is 18.3 Å². The average molecular weight is 264 g/mol. The minimum atomic E-state index is -0.984. The largest absolute Gasteiger partial charge is 0.480 e. The molecule has 1 aliphatic rings. The number of likely N-dealkylation sites (tertiary alicyclic amines) is 1. The zero-order valence-electron chi connectivity index (χ0n) is 10.7. The quantitative estimate of drug-likeness (QED) is 0.847. The monoisotopic (exact) mass is 264 g/mol. The Morgan fingerprint density at radius 2 is 2.21 bits per heavy atom. The number of carboxylic acid groups (broad SMARTS) is 1. The number of aliphatic carboxylic acids is 1. The van der Waals surface area contributed by atoms with Crippen molar-refractivity contribution < 1.29 is 14.7 Å². The highest BCUT2D eigenvalue weighted by molar-refractivity contribution is 5.84. The van der Waals surface area contributed by atoms with Gasteiger partial charge in [0.2, 0.25) is 5.91 Å². The van der Waals surface area contributed by atoms with Crippen molar-refractivity contribution in [1.29, 1.82) is 0 Å². The molecule has 6 heteroatoms. The highest BCUT2D eigenvalue weighted by Gasteiger charge is 2.33. The summed E-state index contributed by atoms with van der Waals surface area (Å²) in [4.78, 5) is 36.3. The Kier molecular flexibility index (Phi) is 3.69. The van der Waals surface area contributed by atoms with Crippen molar-refractivity contribution in [3.05, 3.63) is 34.2 Å². The fourth-order valence-electron chi connectivity index (χ4n) is 2.34. The first-order valence-corrected chi connectivity index (χ1v) is 6.19. The van der Waals surface area contributed by atoms with E-state index in [1.165, 1.54) is 9.47 Å². The first kappa shape index (κ1) is 13.3. The summed E-state index contributed by atoms with van der Waals surface area (Å²) in [6.07, 6.45) is 2.70. The van der Waals surface area contributed by atoms with Crippen LogP contribution in [0.25, 0.3) is 0 Å².